The quantitative estimate of drug-likeness (QED) is 0.617. The largest absolute Gasteiger partial charge is 0.372 e. The summed E-state index contributed by atoms with van der Waals surface area (Å²) >= 11 is 0. The van der Waals surface area contributed by atoms with E-state index in [1.807, 2.05) is 12.1 Å². The number of ketones is 1. The van der Waals surface area contributed by atoms with Gasteiger partial charge in [-0.05, 0) is 57.2 Å². The van der Waals surface area contributed by atoms with E-state index >= 15 is 0 Å². The van der Waals surface area contributed by atoms with Gasteiger partial charge < -0.3 is 15.5 Å². The SMILES string of the molecule is CCN(CC)c1ccc(NC(=O)C(=O)Nc2cccc(C(C)=O)c2)cc1. The van der Waals surface area contributed by atoms with E-state index in [-0.39, 0.29) is 5.78 Å². The first-order chi connectivity index (χ1) is 12.4. The fourth-order valence-electron chi connectivity index (χ4n) is 2.54. The summed E-state index contributed by atoms with van der Waals surface area (Å²) in [6.07, 6.45) is 0. The van der Waals surface area contributed by atoms with Gasteiger partial charge in [0.1, 0.15) is 0 Å². The summed E-state index contributed by atoms with van der Waals surface area (Å²) in [6, 6.07) is 13.8. The molecule has 26 heavy (non-hydrogen) atoms. The fraction of sp³-hybridized carbons (Fsp3) is 0.250. The van der Waals surface area contributed by atoms with Gasteiger partial charge in [-0.25, -0.2) is 0 Å². The van der Waals surface area contributed by atoms with Crippen LogP contribution in [0.3, 0.4) is 0 Å². The van der Waals surface area contributed by atoms with E-state index in [0.29, 0.717) is 16.9 Å². The van der Waals surface area contributed by atoms with Crippen molar-refractivity contribution in [1.82, 2.24) is 0 Å². The summed E-state index contributed by atoms with van der Waals surface area (Å²) in [7, 11) is 0. The number of carbonyl (C=O) groups excluding carboxylic acids is 3. The third kappa shape index (κ3) is 4.92. The predicted octanol–water partition coefficient (Wildman–Crippen LogP) is 3.31. The Morgan fingerprint density at radius 1 is 0.846 bits per heavy atom. The molecule has 2 rings (SSSR count). The van der Waals surface area contributed by atoms with Crippen LogP contribution in [0.2, 0.25) is 0 Å². The molecule has 0 aliphatic heterocycles. The van der Waals surface area contributed by atoms with Crippen LogP contribution >= 0.6 is 0 Å². The highest BCUT2D eigenvalue weighted by molar-refractivity contribution is 6.43. The fourth-order valence-corrected chi connectivity index (χ4v) is 2.54. The Morgan fingerprint density at radius 2 is 1.42 bits per heavy atom. The van der Waals surface area contributed by atoms with Crippen molar-refractivity contribution in [3.05, 3.63) is 54.1 Å². The van der Waals surface area contributed by atoms with Crippen LogP contribution in [0.1, 0.15) is 31.1 Å². The zero-order valence-corrected chi connectivity index (χ0v) is 15.2. The maximum Gasteiger partial charge on any atom is 0.314 e. The number of nitrogens with zero attached hydrogens (tertiary/aromatic N) is 1. The van der Waals surface area contributed by atoms with E-state index in [9.17, 15) is 14.4 Å². The van der Waals surface area contributed by atoms with Crippen LogP contribution in [0, 0.1) is 0 Å². The maximum absolute atomic E-state index is 12.1. The first kappa shape index (κ1) is 19.2. The van der Waals surface area contributed by atoms with Crippen LogP contribution < -0.4 is 15.5 Å². The van der Waals surface area contributed by atoms with Crippen molar-refractivity contribution in [2.45, 2.75) is 20.8 Å². The van der Waals surface area contributed by atoms with Gasteiger partial charge in [0.2, 0.25) is 0 Å². The zero-order chi connectivity index (χ0) is 19.1. The number of carbonyl (C=O) groups is 3. The lowest BCUT2D eigenvalue weighted by Crippen LogP contribution is -2.29. The third-order valence-electron chi connectivity index (χ3n) is 3.99. The van der Waals surface area contributed by atoms with Gasteiger partial charge in [-0.2, -0.15) is 0 Å². The van der Waals surface area contributed by atoms with Crippen LogP contribution in [-0.2, 0) is 9.59 Å². The second kappa shape index (κ2) is 8.80. The van der Waals surface area contributed by atoms with Crippen LogP contribution in [-0.4, -0.2) is 30.7 Å². The van der Waals surface area contributed by atoms with Gasteiger partial charge in [0.05, 0.1) is 0 Å². The van der Waals surface area contributed by atoms with Gasteiger partial charge >= 0.3 is 11.8 Å². The Bertz CT molecular complexity index is 796. The van der Waals surface area contributed by atoms with Gasteiger partial charge in [-0.3, -0.25) is 14.4 Å². The normalized spacial score (nSPS) is 10.1. The highest BCUT2D eigenvalue weighted by Crippen LogP contribution is 2.18. The minimum atomic E-state index is -0.793. The standard InChI is InChI=1S/C20H23N3O3/c1-4-23(5-2)18-11-9-16(10-12-18)21-19(25)20(26)22-17-8-6-7-15(13-17)14(3)24/h6-13H,4-5H2,1-3H3,(H,21,25)(H,22,26). The summed E-state index contributed by atoms with van der Waals surface area (Å²) < 4.78 is 0. The molecule has 6 heteroatoms. The molecule has 2 aromatic carbocycles. The van der Waals surface area contributed by atoms with Crippen molar-refractivity contribution in [1.29, 1.82) is 0 Å². The average molecular weight is 353 g/mol. The Labute approximate surface area is 153 Å². The molecule has 0 fully saturated rings. The molecular weight excluding hydrogens is 330 g/mol. The van der Waals surface area contributed by atoms with Crippen molar-refractivity contribution in [2.24, 2.45) is 0 Å². The van der Waals surface area contributed by atoms with Crippen molar-refractivity contribution in [2.75, 3.05) is 28.6 Å². The van der Waals surface area contributed by atoms with E-state index in [1.165, 1.54) is 13.0 Å². The van der Waals surface area contributed by atoms with Crippen LogP contribution in [0.4, 0.5) is 17.1 Å². The van der Waals surface area contributed by atoms with Gasteiger partial charge in [0.25, 0.3) is 0 Å². The van der Waals surface area contributed by atoms with Gasteiger partial charge in [0.15, 0.2) is 5.78 Å². The van der Waals surface area contributed by atoms with Crippen molar-refractivity contribution >= 4 is 34.7 Å². The van der Waals surface area contributed by atoms with Gasteiger partial charge in [0, 0.05) is 35.7 Å². The summed E-state index contributed by atoms with van der Waals surface area (Å²) in [4.78, 5) is 37.7. The molecule has 0 heterocycles. The number of nitrogens with one attached hydrogen (secondary N) is 2. The first-order valence-electron chi connectivity index (χ1n) is 8.53. The Kier molecular flexibility index (Phi) is 6.49. The summed E-state index contributed by atoms with van der Waals surface area (Å²) in [5.74, 6) is -1.67. The Balaban J connectivity index is 1.99. The summed E-state index contributed by atoms with van der Waals surface area (Å²) in [5, 5.41) is 5.06. The average Bonchev–Trinajstić information content (AvgIpc) is 2.64. The van der Waals surface area contributed by atoms with Crippen molar-refractivity contribution in [3.8, 4) is 0 Å². The maximum atomic E-state index is 12.1. The first-order valence-corrected chi connectivity index (χ1v) is 8.53. The van der Waals surface area contributed by atoms with E-state index in [0.717, 1.165) is 18.8 Å². The lowest BCUT2D eigenvalue weighted by atomic mass is 10.1. The van der Waals surface area contributed by atoms with E-state index in [1.54, 1.807) is 30.3 Å². The second-order valence-corrected chi connectivity index (χ2v) is 5.76. The number of benzene rings is 2. The molecule has 0 aliphatic rings. The molecule has 0 radical (unpaired) electrons. The van der Waals surface area contributed by atoms with Crippen LogP contribution in [0.25, 0.3) is 0 Å². The highest BCUT2D eigenvalue weighted by atomic mass is 16.2. The number of Topliss-reactive ketones (excluding diaryl/α,β-unsaturated/α-hetero) is 1. The molecule has 0 saturated carbocycles. The molecule has 0 unspecified atom stereocenters. The minimum Gasteiger partial charge on any atom is -0.372 e. The van der Waals surface area contributed by atoms with Crippen molar-refractivity contribution in [3.63, 3.8) is 0 Å². The molecule has 6 nitrogen and oxygen atoms in total. The lowest BCUT2D eigenvalue weighted by molar-refractivity contribution is -0.132. The summed E-state index contributed by atoms with van der Waals surface area (Å²) in [5.41, 5.74) is 2.46. The molecule has 2 aromatic rings. The minimum absolute atomic E-state index is 0.112. The molecule has 0 spiro atoms. The Hall–Kier alpha value is -3.15. The van der Waals surface area contributed by atoms with E-state index < -0.39 is 11.8 Å². The number of hydrogen-bond donors (Lipinski definition) is 2. The van der Waals surface area contributed by atoms with Crippen LogP contribution in [0.15, 0.2) is 48.5 Å². The lowest BCUT2D eigenvalue weighted by Gasteiger charge is -2.21. The third-order valence-corrected chi connectivity index (χ3v) is 3.99. The van der Waals surface area contributed by atoms with Gasteiger partial charge in [-0.1, -0.05) is 12.1 Å². The molecule has 0 aromatic heterocycles. The predicted molar refractivity (Wildman–Crippen MR) is 104 cm³/mol. The van der Waals surface area contributed by atoms with E-state index in [4.69, 9.17) is 0 Å². The molecule has 0 atom stereocenters. The smallest absolute Gasteiger partial charge is 0.314 e. The monoisotopic (exact) mass is 353 g/mol. The second-order valence-electron chi connectivity index (χ2n) is 5.76. The topological polar surface area (TPSA) is 78.5 Å². The summed E-state index contributed by atoms with van der Waals surface area (Å²) in [6.45, 7) is 7.37. The number of anilines is 3. The zero-order valence-electron chi connectivity index (χ0n) is 15.2. The number of rotatable bonds is 6. The molecule has 0 aliphatic carbocycles. The molecule has 0 saturated heterocycles. The van der Waals surface area contributed by atoms with Crippen LogP contribution in [0.5, 0.6) is 0 Å². The number of hydrogen-bond acceptors (Lipinski definition) is 4. The molecular formula is C20H23N3O3. The van der Waals surface area contributed by atoms with Gasteiger partial charge in [-0.15, -0.1) is 0 Å². The van der Waals surface area contributed by atoms with Crippen molar-refractivity contribution < 1.29 is 14.4 Å². The molecule has 2 amide bonds. The number of amides is 2. The molecule has 0 bridgehead atoms. The molecule has 2 N–H and O–H groups in total. The van der Waals surface area contributed by atoms with E-state index in [2.05, 4.69) is 29.4 Å². The molecule has 136 valence electrons. The highest BCUT2D eigenvalue weighted by Gasteiger charge is 2.14. The Morgan fingerprint density at radius 3 is 1.96 bits per heavy atom.